The molecule has 3 rings (SSSR count). The minimum Gasteiger partial charge on any atom is -0.455 e. The Hall–Kier alpha value is -3.27. The monoisotopic (exact) mass is 489 g/mol. The van der Waals surface area contributed by atoms with Gasteiger partial charge in [-0.05, 0) is 43.2 Å². The Kier molecular flexibility index (Phi) is 6.69. The van der Waals surface area contributed by atoms with Crippen LogP contribution in [0.2, 0.25) is 0 Å². The summed E-state index contributed by atoms with van der Waals surface area (Å²) in [6.07, 6.45) is -0.0890. The van der Waals surface area contributed by atoms with Crippen molar-refractivity contribution in [2.75, 3.05) is 23.4 Å². The van der Waals surface area contributed by atoms with E-state index < -0.39 is 29.3 Å². The smallest absolute Gasteiger partial charge is 0.311 e. The molecule has 0 aliphatic carbocycles. The van der Waals surface area contributed by atoms with Crippen LogP contribution in [0.25, 0.3) is 0 Å². The zero-order chi connectivity index (χ0) is 22.7. The van der Waals surface area contributed by atoms with Crippen LogP contribution in [0.5, 0.6) is 0 Å². The molecular formula is C21H20BrN3O6. The number of non-ortho nitro benzene ring substituents is 1. The van der Waals surface area contributed by atoms with Crippen molar-refractivity contribution in [2.24, 2.45) is 5.92 Å². The molecule has 9 nitrogen and oxygen atoms in total. The van der Waals surface area contributed by atoms with E-state index >= 15 is 0 Å². The number of halogens is 1. The summed E-state index contributed by atoms with van der Waals surface area (Å²) in [6, 6.07) is 9.23. The molecule has 1 aliphatic heterocycles. The molecule has 2 aromatic rings. The van der Waals surface area contributed by atoms with E-state index in [0.29, 0.717) is 11.4 Å². The average Bonchev–Trinajstić information content (AvgIpc) is 3.12. The molecule has 0 spiro atoms. The fourth-order valence-corrected chi connectivity index (χ4v) is 3.59. The molecule has 162 valence electrons. The van der Waals surface area contributed by atoms with Gasteiger partial charge in [-0.25, -0.2) is 0 Å². The van der Waals surface area contributed by atoms with Crippen LogP contribution in [-0.2, 0) is 19.1 Å². The number of amides is 2. The van der Waals surface area contributed by atoms with Crippen LogP contribution in [0.1, 0.15) is 17.5 Å². The number of carbonyl (C=O) groups is 3. The van der Waals surface area contributed by atoms with E-state index in [1.165, 1.54) is 23.1 Å². The highest BCUT2D eigenvalue weighted by Gasteiger charge is 2.36. The van der Waals surface area contributed by atoms with E-state index in [2.05, 4.69) is 21.2 Å². The Bertz CT molecular complexity index is 1050. The number of anilines is 2. The number of hydrogen-bond acceptors (Lipinski definition) is 6. The largest absolute Gasteiger partial charge is 0.455 e. The predicted octanol–water partition coefficient (Wildman–Crippen LogP) is 3.51. The highest BCUT2D eigenvalue weighted by Crippen LogP contribution is 2.28. The third-order valence-corrected chi connectivity index (χ3v) is 6.13. The van der Waals surface area contributed by atoms with E-state index in [-0.39, 0.29) is 24.6 Å². The lowest BCUT2D eigenvalue weighted by atomic mass is 10.1. The second-order valence-corrected chi connectivity index (χ2v) is 8.06. The first kappa shape index (κ1) is 22.4. The third-order valence-electron chi connectivity index (χ3n) is 4.88. The van der Waals surface area contributed by atoms with Crippen LogP contribution >= 0.6 is 15.9 Å². The second-order valence-electron chi connectivity index (χ2n) is 7.26. The zero-order valence-corrected chi connectivity index (χ0v) is 18.5. The van der Waals surface area contributed by atoms with Gasteiger partial charge in [-0.15, -0.1) is 0 Å². The number of rotatable bonds is 6. The molecule has 0 radical (unpaired) electrons. The number of hydrogen-bond donors (Lipinski definition) is 1. The van der Waals surface area contributed by atoms with Gasteiger partial charge in [0.2, 0.25) is 5.91 Å². The molecule has 0 saturated carbocycles. The van der Waals surface area contributed by atoms with Crippen molar-refractivity contribution < 1.29 is 24.0 Å². The Balaban J connectivity index is 1.56. The lowest BCUT2D eigenvalue weighted by Gasteiger charge is -2.16. The number of benzene rings is 2. The van der Waals surface area contributed by atoms with Gasteiger partial charge in [-0.1, -0.05) is 22.0 Å². The summed E-state index contributed by atoms with van der Waals surface area (Å²) < 4.78 is 6.05. The van der Waals surface area contributed by atoms with Crippen LogP contribution in [0.3, 0.4) is 0 Å². The van der Waals surface area contributed by atoms with E-state index in [9.17, 15) is 24.5 Å². The molecular weight excluding hydrogens is 470 g/mol. The first-order valence-corrected chi connectivity index (χ1v) is 10.2. The molecule has 2 aromatic carbocycles. The lowest BCUT2D eigenvalue weighted by molar-refractivity contribution is -0.384. The Morgan fingerprint density at radius 2 is 1.94 bits per heavy atom. The normalized spacial score (nSPS) is 15.6. The topological polar surface area (TPSA) is 119 Å². The van der Waals surface area contributed by atoms with E-state index in [1.54, 1.807) is 18.2 Å². The van der Waals surface area contributed by atoms with Crippen molar-refractivity contribution in [2.45, 2.75) is 20.3 Å². The molecule has 1 aliphatic rings. The average molecular weight is 490 g/mol. The summed E-state index contributed by atoms with van der Waals surface area (Å²) in [7, 11) is 0. The van der Waals surface area contributed by atoms with Gasteiger partial charge in [0.15, 0.2) is 6.61 Å². The van der Waals surface area contributed by atoms with Crippen molar-refractivity contribution in [1.29, 1.82) is 0 Å². The third kappa shape index (κ3) is 5.26. The lowest BCUT2D eigenvalue weighted by Crippen LogP contribution is -2.28. The minimum absolute atomic E-state index is 0.0333. The number of esters is 1. The molecule has 10 heteroatoms. The maximum absolute atomic E-state index is 12.4. The standard InChI is InChI=1S/C21H20BrN3O6/c1-12-6-15(7-13(2)20(12)22)23-18(26)11-31-21(28)14-8-19(27)24(10-14)16-4-3-5-17(9-16)25(29)30/h3-7,9,14H,8,10-11H2,1-2H3,(H,23,26)/t14-/m1/s1. The molecule has 0 unspecified atom stereocenters. The first-order chi connectivity index (χ1) is 14.7. The van der Waals surface area contributed by atoms with Gasteiger partial charge >= 0.3 is 5.97 Å². The van der Waals surface area contributed by atoms with Crippen LogP contribution in [-0.4, -0.2) is 35.9 Å². The zero-order valence-electron chi connectivity index (χ0n) is 16.9. The molecule has 31 heavy (non-hydrogen) atoms. The number of nitro groups is 1. The highest BCUT2D eigenvalue weighted by molar-refractivity contribution is 9.10. The van der Waals surface area contributed by atoms with Gasteiger partial charge in [0, 0.05) is 35.3 Å². The number of nitrogens with zero attached hydrogens (tertiary/aromatic N) is 2. The van der Waals surface area contributed by atoms with Gasteiger partial charge in [-0.2, -0.15) is 0 Å². The van der Waals surface area contributed by atoms with Gasteiger partial charge < -0.3 is 15.0 Å². The molecule has 0 bridgehead atoms. The number of nitro benzene ring substituents is 1. The summed E-state index contributed by atoms with van der Waals surface area (Å²) in [4.78, 5) is 48.5. The maximum Gasteiger partial charge on any atom is 0.311 e. The molecule has 1 saturated heterocycles. The van der Waals surface area contributed by atoms with Crippen molar-refractivity contribution in [1.82, 2.24) is 0 Å². The van der Waals surface area contributed by atoms with E-state index in [4.69, 9.17) is 4.74 Å². The number of ether oxygens (including phenoxy) is 1. The fraction of sp³-hybridized carbons (Fsp3) is 0.286. The number of nitrogens with one attached hydrogen (secondary N) is 1. The maximum atomic E-state index is 12.4. The Morgan fingerprint density at radius 3 is 2.58 bits per heavy atom. The van der Waals surface area contributed by atoms with Crippen LogP contribution in [0, 0.1) is 29.9 Å². The van der Waals surface area contributed by atoms with Gasteiger partial charge in [0.05, 0.1) is 16.5 Å². The molecule has 1 N–H and O–H groups in total. The van der Waals surface area contributed by atoms with Crippen molar-refractivity contribution in [3.05, 3.63) is 62.1 Å². The van der Waals surface area contributed by atoms with Gasteiger partial charge in [0.1, 0.15) is 0 Å². The molecule has 2 amide bonds. The SMILES string of the molecule is Cc1cc(NC(=O)COC(=O)[C@@H]2CC(=O)N(c3cccc([N+](=O)[O-])c3)C2)cc(C)c1Br. The van der Waals surface area contributed by atoms with Crippen molar-refractivity contribution in [3.63, 3.8) is 0 Å². The summed E-state index contributed by atoms with van der Waals surface area (Å²) in [6.45, 7) is 3.36. The van der Waals surface area contributed by atoms with E-state index in [1.807, 2.05) is 13.8 Å². The van der Waals surface area contributed by atoms with Crippen molar-refractivity contribution in [3.8, 4) is 0 Å². The minimum atomic E-state index is -0.753. The van der Waals surface area contributed by atoms with Gasteiger partial charge in [-0.3, -0.25) is 24.5 Å². The highest BCUT2D eigenvalue weighted by atomic mass is 79.9. The van der Waals surface area contributed by atoms with Crippen LogP contribution in [0.15, 0.2) is 40.9 Å². The van der Waals surface area contributed by atoms with Crippen LogP contribution in [0.4, 0.5) is 17.1 Å². The van der Waals surface area contributed by atoms with E-state index in [0.717, 1.165) is 15.6 Å². The Labute approximate surface area is 186 Å². The first-order valence-electron chi connectivity index (χ1n) is 9.43. The molecule has 1 atom stereocenters. The summed E-state index contributed by atoms with van der Waals surface area (Å²) in [5.41, 5.74) is 2.70. The van der Waals surface area contributed by atoms with Crippen molar-refractivity contribution >= 4 is 50.8 Å². The van der Waals surface area contributed by atoms with Gasteiger partial charge in [0.25, 0.3) is 11.6 Å². The molecule has 0 aromatic heterocycles. The number of carbonyl (C=O) groups excluding carboxylic acids is 3. The summed E-state index contributed by atoms with van der Waals surface area (Å²) >= 11 is 3.46. The summed E-state index contributed by atoms with van der Waals surface area (Å²) in [5.74, 6) is -2.25. The quantitative estimate of drug-likeness (QED) is 0.376. The fourth-order valence-electron chi connectivity index (χ4n) is 3.36. The Morgan fingerprint density at radius 1 is 1.26 bits per heavy atom. The number of aryl methyl sites for hydroxylation is 2. The predicted molar refractivity (Wildman–Crippen MR) is 117 cm³/mol. The second kappa shape index (κ2) is 9.25. The molecule has 1 fully saturated rings. The molecule has 1 heterocycles. The van der Waals surface area contributed by atoms with Crippen LogP contribution < -0.4 is 10.2 Å². The summed E-state index contributed by atoms with van der Waals surface area (Å²) in [5, 5.41) is 13.6.